The molecule has 0 amide bonds. The van der Waals surface area contributed by atoms with Gasteiger partial charge < -0.3 is 5.11 Å². The van der Waals surface area contributed by atoms with E-state index in [1.165, 1.54) is 12.1 Å². The topological polar surface area (TPSA) is 86.7 Å². The predicted octanol–water partition coefficient (Wildman–Crippen LogP) is 2.05. The zero-order valence-corrected chi connectivity index (χ0v) is 15.9. The Hall–Kier alpha value is -1.51. The van der Waals surface area contributed by atoms with Crippen LogP contribution in [0.15, 0.2) is 17.0 Å². The van der Waals surface area contributed by atoms with E-state index in [9.17, 15) is 17.6 Å². The van der Waals surface area contributed by atoms with Crippen LogP contribution in [-0.2, 0) is 14.8 Å². The van der Waals surface area contributed by atoms with Crippen LogP contribution >= 0.6 is 0 Å². The van der Waals surface area contributed by atoms with E-state index in [4.69, 9.17) is 5.11 Å². The Morgan fingerprint density at radius 3 is 2.35 bits per heavy atom. The van der Waals surface area contributed by atoms with E-state index < -0.39 is 21.8 Å². The van der Waals surface area contributed by atoms with Crippen LogP contribution in [0.2, 0.25) is 0 Å². The molecule has 2 aliphatic rings. The molecular weight excluding hydrogens is 359 g/mol. The van der Waals surface area contributed by atoms with Crippen molar-refractivity contribution >= 4 is 16.0 Å². The number of sulfonamides is 1. The highest BCUT2D eigenvalue weighted by Crippen LogP contribution is 2.34. The molecule has 0 unspecified atom stereocenters. The van der Waals surface area contributed by atoms with E-state index in [1.54, 1.807) is 13.8 Å². The highest BCUT2D eigenvalue weighted by molar-refractivity contribution is 7.89. The molecule has 3 rings (SSSR count). The molecule has 0 atom stereocenters. The average Bonchev–Trinajstić information content (AvgIpc) is 3.30. The van der Waals surface area contributed by atoms with Gasteiger partial charge in [-0.2, -0.15) is 0 Å². The number of aryl methyl sites for hydroxylation is 2. The number of nitrogens with one attached hydrogen (secondary N) is 1. The van der Waals surface area contributed by atoms with Gasteiger partial charge in [0.05, 0.1) is 11.4 Å². The summed E-state index contributed by atoms with van der Waals surface area (Å²) in [6, 6.07) is 2.55. The molecule has 2 fully saturated rings. The van der Waals surface area contributed by atoms with Crippen LogP contribution in [0.1, 0.15) is 36.8 Å². The van der Waals surface area contributed by atoms with Crippen molar-refractivity contribution in [1.82, 2.24) is 9.62 Å². The van der Waals surface area contributed by atoms with E-state index in [2.05, 4.69) is 4.72 Å². The Labute approximate surface area is 153 Å². The monoisotopic (exact) mass is 384 g/mol. The highest BCUT2D eigenvalue weighted by atomic mass is 32.2. The molecule has 0 saturated heterocycles. The summed E-state index contributed by atoms with van der Waals surface area (Å²) in [5.74, 6) is -0.667. The average molecular weight is 384 g/mol. The van der Waals surface area contributed by atoms with Crippen molar-refractivity contribution < 1.29 is 22.7 Å². The van der Waals surface area contributed by atoms with Gasteiger partial charge in [-0.1, -0.05) is 0 Å². The van der Waals surface area contributed by atoms with Crippen LogP contribution in [0.3, 0.4) is 0 Å². The molecule has 8 heteroatoms. The minimum atomic E-state index is -3.72. The van der Waals surface area contributed by atoms with E-state index in [0.717, 1.165) is 19.4 Å². The Morgan fingerprint density at radius 1 is 1.27 bits per heavy atom. The van der Waals surface area contributed by atoms with Crippen LogP contribution < -0.4 is 4.72 Å². The summed E-state index contributed by atoms with van der Waals surface area (Å²) >= 11 is 0. The van der Waals surface area contributed by atoms with Gasteiger partial charge in [-0.05, 0) is 68.7 Å². The van der Waals surface area contributed by atoms with Crippen LogP contribution in [0, 0.1) is 25.6 Å². The van der Waals surface area contributed by atoms with Crippen molar-refractivity contribution in [3.8, 4) is 0 Å². The van der Waals surface area contributed by atoms with Crippen LogP contribution in [0.5, 0.6) is 0 Å². The maximum Gasteiger partial charge on any atom is 0.317 e. The number of aliphatic carboxylic acids is 1. The van der Waals surface area contributed by atoms with Gasteiger partial charge in [-0.25, -0.2) is 17.5 Å². The highest BCUT2D eigenvalue weighted by Gasteiger charge is 2.39. The first-order valence-electron chi connectivity index (χ1n) is 8.90. The lowest BCUT2D eigenvalue weighted by Gasteiger charge is -2.42. The molecule has 2 aliphatic carbocycles. The number of hydrogen-bond acceptors (Lipinski definition) is 4. The fraction of sp³-hybridized carbons (Fsp3) is 0.611. The lowest BCUT2D eigenvalue weighted by atomic mass is 9.86. The number of hydrogen-bond donors (Lipinski definition) is 2. The second-order valence-electron chi connectivity index (χ2n) is 7.58. The Kier molecular flexibility index (Phi) is 5.37. The maximum absolute atomic E-state index is 13.7. The van der Waals surface area contributed by atoms with Crippen molar-refractivity contribution in [2.45, 2.75) is 56.5 Å². The summed E-state index contributed by atoms with van der Waals surface area (Å²) in [6.45, 7) is 3.86. The smallest absolute Gasteiger partial charge is 0.317 e. The molecular formula is C18H25FN2O4S. The fourth-order valence-corrected chi connectivity index (χ4v) is 4.91. The molecule has 0 radical (unpaired) electrons. The van der Waals surface area contributed by atoms with E-state index >= 15 is 0 Å². The van der Waals surface area contributed by atoms with Gasteiger partial charge in [0.15, 0.2) is 0 Å². The molecule has 2 saturated carbocycles. The zero-order valence-electron chi connectivity index (χ0n) is 15.0. The molecule has 0 spiro atoms. The third-order valence-corrected chi connectivity index (χ3v) is 6.70. The lowest BCUT2D eigenvalue weighted by Crippen LogP contribution is -2.55. The number of benzene rings is 1. The van der Waals surface area contributed by atoms with E-state index in [-0.39, 0.29) is 23.5 Å². The van der Waals surface area contributed by atoms with Gasteiger partial charge in [0.2, 0.25) is 10.0 Å². The fourth-order valence-electron chi connectivity index (χ4n) is 3.48. The lowest BCUT2D eigenvalue weighted by molar-refractivity contribution is -0.139. The molecule has 1 aromatic carbocycles. The summed E-state index contributed by atoms with van der Waals surface area (Å²) in [7, 11) is -3.72. The largest absolute Gasteiger partial charge is 0.480 e. The number of carboxylic acid groups (broad SMARTS) is 1. The summed E-state index contributed by atoms with van der Waals surface area (Å²) in [4.78, 5) is 13.1. The minimum absolute atomic E-state index is 0.00299. The molecule has 6 nitrogen and oxygen atoms in total. The third kappa shape index (κ3) is 4.42. The molecule has 1 aromatic rings. The number of halogens is 1. The molecule has 144 valence electrons. The summed E-state index contributed by atoms with van der Waals surface area (Å²) < 4.78 is 41.5. The summed E-state index contributed by atoms with van der Waals surface area (Å²) in [5.41, 5.74) is 0.600. The van der Waals surface area contributed by atoms with Crippen LogP contribution in [-0.4, -0.2) is 49.6 Å². The van der Waals surface area contributed by atoms with Gasteiger partial charge in [-0.3, -0.25) is 9.69 Å². The van der Waals surface area contributed by atoms with Crippen molar-refractivity contribution in [1.29, 1.82) is 0 Å². The Morgan fingerprint density at radius 2 is 1.85 bits per heavy atom. The first-order valence-corrected chi connectivity index (χ1v) is 10.4. The second kappa shape index (κ2) is 7.25. The molecule has 0 aliphatic heterocycles. The third-order valence-electron chi connectivity index (χ3n) is 5.20. The van der Waals surface area contributed by atoms with Crippen molar-refractivity contribution in [2.24, 2.45) is 5.92 Å². The SMILES string of the molecule is Cc1cc(S(=O)(=O)NC2CC(N(CC(=O)O)CC3CC3)C2)cc(C)c1F. The first-order chi connectivity index (χ1) is 12.2. The second-order valence-corrected chi connectivity index (χ2v) is 9.30. The first kappa shape index (κ1) is 19.3. The van der Waals surface area contributed by atoms with Crippen molar-refractivity contribution in [3.05, 3.63) is 29.1 Å². The van der Waals surface area contributed by atoms with E-state index in [0.29, 0.717) is 29.9 Å². The van der Waals surface area contributed by atoms with Gasteiger partial charge >= 0.3 is 5.97 Å². The number of carbonyl (C=O) groups is 1. The normalized spacial score (nSPS) is 23.1. The van der Waals surface area contributed by atoms with Gasteiger partial charge in [0.25, 0.3) is 0 Å². The van der Waals surface area contributed by atoms with Crippen LogP contribution in [0.25, 0.3) is 0 Å². The van der Waals surface area contributed by atoms with E-state index in [1.807, 2.05) is 4.90 Å². The molecule has 0 bridgehead atoms. The standard InChI is InChI=1S/C18H25FN2O4S/c1-11-5-16(6-12(2)18(11)19)26(24,25)20-14-7-15(8-14)21(10-17(22)23)9-13-3-4-13/h5-6,13-15,20H,3-4,7-10H2,1-2H3,(H,22,23). The predicted molar refractivity (Wildman–Crippen MR) is 94.9 cm³/mol. The Bertz CT molecular complexity index is 778. The molecule has 0 aromatic heterocycles. The number of rotatable bonds is 8. The van der Waals surface area contributed by atoms with Gasteiger partial charge in [0, 0.05) is 18.6 Å². The zero-order chi connectivity index (χ0) is 19.1. The number of nitrogens with zero attached hydrogens (tertiary/aromatic N) is 1. The van der Waals surface area contributed by atoms with Crippen molar-refractivity contribution in [2.75, 3.05) is 13.1 Å². The summed E-state index contributed by atoms with van der Waals surface area (Å²) in [6.07, 6.45) is 3.47. The van der Waals surface area contributed by atoms with Crippen LogP contribution in [0.4, 0.5) is 4.39 Å². The minimum Gasteiger partial charge on any atom is -0.480 e. The molecule has 2 N–H and O–H groups in total. The summed E-state index contributed by atoms with van der Waals surface area (Å²) in [5, 5.41) is 9.08. The van der Waals surface area contributed by atoms with Gasteiger partial charge in [-0.15, -0.1) is 0 Å². The Balaban J connectivity index is 1.61. The maximum atomic E-state index is 13.7. The molecule has 0 heterocycles. The van der Waals surface area contributed by atoms with Crippen molar-refractivity contribution in [3.63, 3.8) is 0 Å². The quantitative estimate of drug-likeness (QED) is 0.716. The molecule has 26 heavy (non-hydrogen) atoms. The van der Waals surface area contributed by atoms with Gasteiger partial charge in [0.1, 0.15) is 5.82 Å². The number of carboxylic acids is 1.